The molecule has 1 aromatic carbocycles. The Bertz CT molecular complexity index is 853. The number of benzene rings is 1. The third-order valence-corrected chi connectivity index (χ3v) is 5.89. The van der Waals surface area contributed by atoms with Gasteiger partial charge in [0.05, 0.1) is 12.7 Å². The highest BCUT2D eigenvalue weighted by Gasteiger charge is 2.33. The van der Waals surface area contributed by atoms with Crippen LogP contribution in [-0.2, 0) is 22.4 Å². The van der Waals surface area contributed by atoms with E-state index < -0.39 is 0 Å². The molecule has 0 aliphatic carbocycles. The van der Waals surface area contributed by atoms with Crippen LogP contribution in [0.15, 0.2) is 24.3 Å². The first-order chi connectivity index (χ1) is 13.6. The molecular formula is C22H29N3O3. The number of carbonyl (C=O) groups is 1. The zero-order valence-electron chi connectivity index (χ0n) is 17.0. The van der Waals surface area contributed by atoms with E-state index in [0.29, 0.717) is 12.3 Å². The number of nitrogens with zero attached hydrogens (tertiary/aromatic N) is 3. The highest BCUT2D eigenvalue weighted by Crippen LogP contribution is 2.35. The highest BCUT2D eigenvalue weighted by atomic mass is 16.5. The quantitative estimate of drug-likeness (QED) is 0.760. The minimum absolute atomic E-state index is 0.198. The van der Waals surface area contributed by atoms with E-state index in [1.165, 1.54) is 11.1 Å². The number of esters is 1. The van der Waals surface area contributed by atoms with Crippen molar-refractivity contribution in [2.45, 2.75) is 51.9 Å². The molecule has 0 spiro atoms. The van der Waals surface area contributed by atoms with E-state index in [2.05, 4.69) is 40.8 Å². The average molecular weight is 383 g/mol. The molecule has 0 amide bonds. The van der Waals surface area contributed by atoms with Gasteiger partial charge in [-0.25, -0.2) is 9.78 Å². The molecule has 2 aliphatic heterocycles. The van der Waals surface area contributed by atoms with Crippen molar-refractivity contribution in [3.63, 3.8) is 0 Å². The van der Waals surface area contributed by atoms with Gasteiger partial charge >= 0.3 is 5.97 Å². The number of rotatable bonds is 4. The summed E-state index contributed by atoms with van der Waals surface area (Å²) in [6.07, 6.45) is 2.87. The molecule has 1 atom stereocenters. The van der Waals surface area contributed by atoms with Crippen molar-refractivity contribution in [3.05, 3.63) is 52.6 Å². The van der Waals surface area contributed by atoms with Gasteiger partial charge in [-0.3, -0.25) is 0 Å². The second-order valence-electron chi connectivity index (χ2n) is 7.74. The number of likely N-dealkylation sites (tertiary alicyclic amines) is 1. The number of hydrogen-bond acceptors (Lipinski definition) is 5. The lowest BCUT2D eigenvalue weighted by Crippen LogP contribution is -2.35. The second-order valence-corrected chi connectivity index (χ2v) is 7.74. The van der Waals surface area contributed by atoms with Gasteiger partial charge in [-0.05, 0) is 51.3 Å². The fourth-order valence-corrected chi connectivity index (χ4v) is 4.27. The maximum absolute atomic E-state index is 12.4. The molecule has 0 bridgehead atoms. The minimum atomic E-state index is -0.355. The molecular weight excluding hydrogens is 354 g/mol. The Balaban J connectivity index is 1.73. The van der Waals surface area contributed by atoms with Gasteiger partial charge in [0.1, 0.15) is 11.9 Å². The van der Waals surface area contributed by atoms with Gasteiger partial charge in [0.2, 0.25) is 0 Å². The zero-order chi connectivity index (χ0) is 19.7. The smallest absolute Gasteiger partial charge is 0.358 e. The average Bonchev–Trinajstić information content (AvgIpc) is 2.94. The molecule has 1 saturated heterocycles. The zero-order valence-corrected chi connectivity index (χ0v) is 17.0. The van der Waals surface area contributed by atoms with Crippen LogP contribution < -0.4 is 0 Å². The third-order valence-electron chi connectivity index (χ3n) is 5.89. The predicted octanol–water partition coefficient (Wildman–Crippen LogP) is 3.12. The lowest BCUT2D eigenvalue weighted by molar-refractivity contribution is -0.0276. The largest absolute Gasteiger partial charge is 0.461 e. The van der Waals surface area contributed by atoms with Crippen molar-refractivity contribution < 1.29 is 14.3 Å². The van der Waals surface area contributed by atoms with Gasteiger partial charge in [0.25, 0.3) is 0 Å². The van der Waals surface area contributed by atoms with E-state index in [1.54, 1.807) is 0 Å². The Morgan fingerprint density at radius 2 is 1.96 bits per heavy atom. The molecule has 0 N–H and O–H groups in total. The monoisotopic (exact) mass is 383 g/mol. The fraction of sp³-hybridized carbons (Fsp3) is 0.545. The van der Waals surface area contributed by atoms with Crippen molar-refractivity contribution in [1.29, 1.82) is 0 Å². The third kappa shape index (κ3) is 3.59. The summed E-state index contributed by atoms with van der Waals surface area (Å²) >= 11 is 0. The van der Waals surface area contributed by atoms with E-state index >= 15 is 0 Å². The van der Waals surface area contributed by atoms with Crippen LogP contribution in [0.5, 0.6) is 0 Å². The van der Waals surface area contributed by atoms with Crippen molar-refractivity contribution in [2.75, 3.05) is 26.7 Å². The Morgan fingerprint density at radius 3 is 2.71 bits per heavy atom. The van der Waals surface area contributed by atoms with Crippen molar-refractivity contribution in [2.24, 2.45) is 0 Å². The normalized spacial score (nSPS) is 20.3. The number of aromatic nitrogens is 2. The Morgan fingerprint density at radius 1 is 1.21 bits per heavy atom. The summed E-state index contributed by atoms with van der Waals surface area (Å²) < 4.78 is 14.0. The first-order valence-corrected chi connectivity index (χ1v) is 10.2. The number of piperidine rings is 1. The molecule has 4 rings (SSSR count). The van der Waals surface area contributed by atoms with Crippen molar-refractivity contribution in [3.8, 4) is 0 Å². The number of imidazole rings is 1. The molecule has 150 valence electrons. The topological polar surface area (TPSA) is 56.6 Å². The van der Waals surface area contributed by atoms with Crippen LogP contribution in [0.25, 0.3) is 0 Å². The first kappa shape index (κ1) is 19.2. The highest BCUT2D eigenvalue weighted by molar-refractivity contribution is 5.88. The molecule has 6 heteroatoms. The molecule has 28 heavy (non-hydrogen) atoms. The molecule has 0 radical (unpaired) electrons. The second kappa shape index (κ2) is 8.05. The maximum atomic E-state index is 12.4. The predicted molar refractivity (Wildman–Crippen MR) is 107 cm³/mol. The van der Waals surface area contributed by atoms with Gasteiger partial charge in [-0.15, -0.1) is 0 Å². The summed E-state index contributed by atoms with van der Waals surface area (Å²) in [5, 5.41) is 0. The van der Waals surface area contributed by atoms with Crippen molar-refractivity contribution >= 4 is 5.97 Å². The van der Waals surface area contributed by atoms with Crippen LogP contribution in [0.1, 0.15) is 59.0 Å². The van der Waals surface area contributed by atoms with Gasteiger partial charge < -0.3 is 18.9 Å². The first-order valence-electron chi connectivity index (χ1n) is 10.2. The molecule has 1 unspecified atom stereocenters. The molecule has 3 heterocycles. The van der Waals surface area contributed by atoms with E-state index in [4.69, 9.17) is 14.5 Å². The van der Waals surface area contributed by atoms with Crippen LogP contribution in [0.2, 0.25) is 0 Å². The summed E-state index contributed by atoms with van der Waals surface area (Å²) in [6.45, 7) is 6.99. The van der Waals surface area contributed by atoms with E-state index in [0.717, 1.165) is 50.4 Å². The summed E-state index contributed by atoms with van der Waals surface area (Å²) in [7, 11) is 2.15. The standard InChI is InChI=1S/C22H29N3O3/c1-4-27-22(26)19-15(2)25-14-9-16-7-5-6-8-18(16)20(21(25)23-19)28-17-10-12-24(3)13-11-17/h5-8,17,20H,4,9-14H2,1-3H3. The van der Waals surface area contributed by atoms with Gasteiger partial charge in [-0.1, -0.05) is 24.3 Å². The molecule has 1 aromatic heterocycles. The number of fused-ring (bicyclic) bond motifs is 2. The van der Waals surface area contributed by atoms with Crippen LogP contribution in [0.4, 0.5) is 0 Å². The molecule has 2 aliphatic rings. The Hall–Kier alpha value is -2.18. The van der Waals surface area contributed by atoms with E-state index in [9.17, 15) is 4.79 Å². The number of hydrogen-bond donors (Lipinski definition) is 0. The van der Waals surface area contributed by atoms with Crippen LogP contribution >= 0.6 is 0 Å². The fourth-order valence-electron chi connectivity index (χ4n) is 4.27. The summed E-state index contributed by atoms with van der Waals surface area (Å²) in [5.74, 6) is 0.469. The maximum Gasteiger partial charge on any atom is 0.358 e. The number of ether oxygens (including phenoxy) is 2. The van der Waals surface area contributed by atoms with Crippen LogP contribution in [-0.4, -0.2) is 53.3 Å². The molecule has 0 saturated carbocycles. The minimum Gasteiger partial charge on any atom is -0.461 e. The van der Waals surface area contributed by atoms with Crippen molar-refractivity contribution in [1.82, 2.24) is 14.5 Å². The summed E-state index contributed by atoms with van der Waals surface area (Å²) in [4.78, 5) is 19.5. The van der Waals surface area contributed by atoms with E-state index in [-0.39, 0.29) is 18.2 Å². The lowest BCUT2D eigenvalue weighted by atomic mass is 10.00. The van der Waals surface area contributed by atoms with Gasteiger partial charge in [0.15, 0.2) is 5.69 Å². The van der Waals surface area contributed by atoms with Gasteiger partial charge in [0, 0.05) is 25.3 Å². The summed E-state index contributed by atoms with van der Waals surface area (Å²) in [6, 6.07) is 8.45. The Kier molecular flexibility index (Phi) is 5.51. The van der Waals surface area contributed by atoms with Crippen LogP contribution in [0.3, 0.4) is 0 Å². The number of carbonyl (C=O) groups excluding carboxylic acids is 1. The molecule has 6 nitrogen and oxygen atoms in total. The number of aryl methyl sites for hydroxylation is 1. The molecule has 2 aromatic rings. The molecule has 1 fully saturated rings. The Labute approximate surface area is 166 Å². The lowest BCUT2D eigenvalue weighted by Gasteiger charge is -2.32. The van der Waals surface area contributed by atoms with Crippen LogP contribution in [0, 0.1) is 6.92 Å². The van der Waals surface area contributed by atoms with E-state index in [1.807, 2.05) is 13.8 Å². The van der Waals surface area contributed by atoms with Gasteiger partial charge in [-0.2, -0.15) is 0 Å². The summed E-state index contributed by atoms with van der Waals surface area (Å²) in [5.41, 5.74) is 3.73. The SMILES string of the molecule is CCOC(=O)c1nc2n(c1C)CCc1ccccc1C2OC1CCN(C)CC1.